The molecule has 1 fully saturated rings. The van der Waals surface area contributed by atoms with Gasteiger partial charge in [0.25, 0.3) is 0 Å². The van der Waals surface area contributed by atoms with Gasteiger partial charge in [0.1, 0.15) is 0 Å². The van der Waals surface area contributed by atoms with Crippen LogP contribution >= 0.6 is 0 Å². The fraction of sp³-hybridized carbons (Fsp3) is 0.857. The molecule has 64 valence electrons. The minimum Gasteiger partial charge on any atom is -0.439 e. The third-order valence-corrected chi connectivity index (χ3v) is 1.40. The van der Waals surface area contributed by atoms with E-state index < -0.39 is 0 Å². The molecule has 1 rings (SSSR count). The molecule has 1 atom stereocenters. The van der Waals surface area contributed by atoms with E-state index in [1.165, 1.54) is 6.92 Å². The SMILES string of the molecule is CC(=O)OCOC1CCCO1. The van der Waals surface area contributed by atoms with Crippen molar-refractivity contribution < 1.29 is 19.0 Å². The second-order valence-corrected chi connectivity index (χ2v) is 2.36. The van der Waals surface area contributed by atoms with Crippen LogP contribution in [0.1, 0.15) is 19.8 Å². The Balaban J connectivity index is 1.98. The third-order valence-electron chi connectivity index (χ3n) is 1.40. The summed E-state index contributed by atoms with van der Waals surface area (Å²) in [4.78, 5) is 10.3. The summed E-state index contributed by atoms with van der Waals surface area (Å²) in [6.45, 7) is 2.09. The van der Waals surface area contributed by atoms with E-state index in [9.17, 15) is 4.79 Å². The summed E-state index contributed by atoms with van der Waals surface area (Å²) in [5.41, 5.74) is 0. The average Bonchev–Trinajstić information content (AvgIpc) is 2.39. The highest BCUT2D eigenvalue weighted by molar-refractivity contribution is 5.65. The van der Waals surface area contributed by atoms with Gasteiger partial charge in [-0.2, -0.15) is 0 Å². The summed E-state index contributed by atoms with van der Waals surface area (Å²) in [6.07, 6.45) is 1.74. The van der Waals surface area contributed by atoms with Crippen molar-refractivity contribution in [3.05, 3.63) is 0 Å². The number of hydrogen-bond donors (Lipinski definition) is 0. The van der Waals surface area contributed by atoms with Crippen molar-refractivity contribution in [1.82, 2.24) is 0 Å². The minimum absolute atomic E-state index is 0. The molecule has 1 heterocycles. The van der Waals surface area contributed by atoms with Crippen molar-refractivity contribution in [2.45, 2.75) is 26.1 Å². The number of esters is 1. The van der Waals surface area contributed by atoms with Crippen molar-refractivity contribution in [1.29, 1.82) is 0 Å². The first-order chi connectivity index (χ1) is 5.29. The monoisotopic (exact) mass is 160 g/mol. The Morgan fingerprint density at radius 2 is 2.55 bits per heavy atom. The van der Waals surface area contributed by atoms with Crippen LogP contribution in [-0.2, 0) is 19.0 Å². The van der Waals surface area contributed by atoms with Gasteiger partial charge < -0.3 is 14.2 Å². The van der Waals surface area contributed by atoms with Gasteiger partial charge in [0.05, 0.1) is 0 Å². The third kappa shape index (κ3) is 3.34. The fourth-order valence-corrected chi connectivity index (χ4v) is 0.872. The van der Waals surface area contributed by atoms with E-state index in [1.807, 2.05) is 0 Å². The van der Waals surface area contributed by atoms with Crippen LogP contribution in [0.4, 0.5) is 0 Å². The number of carbonyl (C=O) groups excluding carboxylic acids is 1. The first kappa shape index (κ1) is 8.49. The van der Waals surface area contributed by atoms with Gasteiger partial charge in [-0.25, -0.2) is 0 Å². The maximum absolute atomic E-state index is 10.3. The summed E-state index contributed by atoms with van der Waals surface area (Å²) >= 11 is 0. The molecule has 0 aromatic carbocycles. The van der Waals surface area contributed by atoms with E-state index in [0.717, 1.165) is 19.4 Å². The molecule has 1 saturated heterocycles. The van der Waals surface area contributed by atoms with Gasteiger partial charge in [0.15, 0.2) is 13.1 Å². The van der Waals surface area contributed by atoms with Crippen LogP contribution in [-0.4, -0.2) is 25.7 Å². The first-order valence-electron chi connectivity index (χ1n) is 3.65. The van der Waals surface area contributed by atoms with Crippen molar-refractivity contribution in [3.63, 3.8) is 0 Å². The van der Waals surface area contributed by atoms with Gasteiger partial charge in [-0.3, -0.25) is 4.79 Å². The quantitative estimate of drug-likeness (QED) is 0.449. The van der Waals surface area contributed by atoms with Crippen LogP contribution < -0.4 is 0 Å². The molecule has 0 aromatic heterocycles. The highest BCUT2D eigenvalue weighted by Gasteiger charge is 2.15. The summed E-state index contributed by atoms with van der Waals surface area (Å²) in [5.74, 6) is -0.331. The highest BCUT2D eigenvalue weighted by Crippen LogP contribution is 2.12. The van der Waals surface area contributed by atoms with E-state index >= 15 is 0 Å². The molecule has 4 nitrogen and oxygen atoms in total. The molecule has 0 radical (unpaired) electrons. The smallest absolute Gasteiger partial charge is 0.304 e. The molecular weight excluding hydrogens is 148 g/mol. The van der Waals surface area contributed by atoms with Crippen LogP contribution in [0.3, 0.4) is 0 Å². The van der Waals surface area contributed by atoms with Gasteiger partial charge in [0.2, 0.25) is 0 Å². The number of ether oxygens (including phenoxy) is 3. The molecule has 0 N–H and O–H groups in total. The standard InChI is InChI=1S/C7H12O4/c1-6(8)10-5-11-7-3-2-4-9-7/h7H,2-5H2,1H3. The van der Waals surface area contributed by atoms with Crippen molar-refractivity contribution in [3.8, 4) is 0 Å². The summed E-state index contributed by atoms with van der Waals surface area (Å²) < 4.78 is 14.7. The molecule has 0 aliphatic carbocycles. The number of hydrogen-bond acceptors (Lipinski definition) is 4. The highest BCUT2D eigenvalue weighted by atomic mass is 16.8. The Hall–Kier alpha value is -0.610. The van der Waals surface area contributed by atoms with E-state index in [4.69, 9.17) is 9.47 Å². The largest absolute Gasteiger partial charge is 0.439 e. The maximum Gasteiger partial charge on any atom is 0.304 e. The van der Waals surface area contributed by atoms with Crippen LogP contribution in [0.5, 0.6) is 0 Å². The first-order valence-corrected chi connectivity index (χ1v) is 3.65. The average molecular weight is 160 g/mol. The van der Waals surface area contributed by atoms with Crippen molar-refractivity contribution >= 4 is 5.97 Å². The van der Waals surface area contributed by atoms with E-state index in [0.29, 0.717) is 0 Å². The molecule has 0 spiro atoms. The Labute approximate surface area is 65.4 Å². The van der Waals surface area contributed by atoms with E-state index in [2.05, 4.69) is 4.74 Å². The fourth-order valence-electron chi connectivity index (χ4n) is 0.872. The molecule has 0 bridgehead atoms. The molecule has 1 aliphatic rings. The van der Waals surface area contributed by atoms with Gasteiger partial charge >= 0.3 is 5.97 Å². The van der Waals surface area contributed by atoms with Crippen molar-refractivity contribution in [2.75, 3.05) is 13.4 Å². The molecule has 0 amide bonds. The predicted octanol–water partition coefficient (Wildman–Crippen LogP) is 0.660. The van der Waals surface area contributed by atoms with E-state index in [-0.39, 0.29) is 19.1 Å². The summed E-state index contributed by atoms with van der Waals surface area (Å²) in [7, 11) is 0. The lowest BCUT2D eigenvalue weighted by atomic mass is 10.4. The van der Waals surface area contributed by atoms with Gasteiger partial charge in [0, 0.05) is 20.0 Å². The molecule has 4 heteroatoms. The number of carbonyl (C=O) groups is 1. The van der Waals surface area contributed by atoms with Gasteiger partial charge in [-0.15, -0.1) is 0 Å². The van der Waals surface area contributed by atoms with Crippen molar-refractivity contribution in [2.24, 2.45) is 0 Å². The normalized spacial score (nSPS) is 23.5. The molecule has 0 aromatic rings. The predicted molar refractivity (Wildman–Crippen MR) is 36.7 cm³/mol. The zero-order valence-electron chi connectivity index (χ0n) is 6.54. The second-order valence-electron chi connectivity index (χ2n) is 2.36. The molecule has 0 saturated carbocycles. The number of rotatable bonds is 3. The van der Waals surface area contributed by atoms with Gasteiger partial charge in [-0.05, 0) is 6.42 Å². The van der Waals surface area contributed by atoms with Crippen LogP contribution in [0.2, 0.25) is 0 Å². The second kappa shape index (κ2) is 4.31. The van der Waals surface area contributed by atoms with Crippen LogP contribution in [0.25, 0.3) is 0 Å². The Morgan fingerprint density at radius 1 is 1.73 bits per heavy atom. The molecule has 1 unspecified atom stereocenters. The van der Waals surface area contributed by atoms with Gasteiger partial charge in [-0.1, -0.05) is 0 Å². The van der Waals surface area contributed by atoms with Crippen LogP contribution in [0, 0.1) is 0 Å². The zero-order chi connectivity index (χ0) is 8.10. The molecule has 1 aliphatic heterocycles. The van der Waals surface area contributed by atoms with E-state index in [1.54, 1.807) is 0 Å². The molecule has 11 heavy (non-hydrogen) atoms. The lowest BCUT2D eigenvalue weighted by Gasteiger charge is -2.09. The zero-order valence-corrected chi connectivity index (χ0v) is 6.54. The lowest BCUT2D eigenvalue weighted by Crippen LogP contribution is -2.14. The Morgan fingerprint density at radius 3 is 3.09 bits per heavy atom. The molecular formula is C7H12O4. The topological polar surface area (TPSA) is 44.8 Å². The Kier molecular flexibility index (Phi) is 3.32. The lowest BCUT2D eigenvalue weighted by molar-refractivity contribution is -0.185. The summed E-state index contributed by atoms with van der Waals surface area (Å²) in [6, 6.07) is 0. The Bertz CT molecular complexity index is 128. The van der Waals surface area contributed by atoms with Crippen LogP contribution in [0.15, 0.2) is 0 Å². The maximum atomic E-state index is 10.3. The minimum atomic E-state index is -0.331. The summed E-state index contributed by atoms with van der Waals surface area (Å²) in [5, 5.41) is 0.